The van der Waals surface area contributed by atoms with Gasteiger partial charge in [-0.15, -0.1) is 0 Å². The second kappa shape index (κ2) is 7.98. The van der Waals surface area contributed by atoms with Crippen molar-refractivity contribution in [1.29, 1.82) is 0 Å². The minimum atomic E-state index is -3.57. The Morgan fingerprint density at radius 2 is 1.81 bits per heavy atom. The zero-order valence-corrected chi connectivity index (χ0v) is 16.2. The van der Waals surface area contributed by atoms with Crippen molar-refractivity contribution in [3.05, 3.63) is 58.9 Å². The molecule has 0 amide bonds. The van der Waals surface area contributed by atoms with Gasteiger partial charge in [0.2, 0.25) is 21.7 Å². The second-order valence-electron chi connectivity index (χ2n) is 5.34. The third-order valence-corrected chi connectivity index (χ3v) is 5.58. The molecule has 0 aliphatic rings. The number of rotatable bonds is 7. The summed E-state index contributed by atoms with van der Waals surface area (Å²) in [6.45, 7) is 0.155. The van der Waals surface area contributed by atoms with Gasteiger partial charge in [0.1, 0.15) is 5.75 Å². The molecule has 0 atom stereocenters. The summed E-state index contributed by atoms with van der Waals surface area (Å²) in [6.07, 6.45) is 0.291. The molecular weight excluding hydrogens is 422 g/mol. The van der Waals surface area contributed by atoms with Crippen LogP contribution < -0.4 is 9.46 Å². The van der Waals surface area contributed by atoms with Gasteiger partial charge in [0.15, 0.2) is 0 Å². The van der Waals surface area contributed by atoms with E-state index in [1.165, 1.54) is 12.1 Å². The SMILES string of the molecule is COc1ccc(-c2noc(CCNS(=O)(=O)c3ccc(Br)cc3)n2)cc1. The summed E-state index contributed by atoms with van der Waals surface area (Å²) in [5.74, 6) is 1.53. The van der Waals surface area contributed by atoms with Crippen molar-refractivity contribution in [2.75, 3.05) is 13.7 Å². The Hall–Kier alpha value is -2.23. The van der Waals surface area contributed by atoms with Crippen molar-refractivity contribution in [1.82, 2.24) is 14.9 Å². The van der Waals surface area contributed by atoms with Crippen LogP contribution in [0, 0.1) is 0 Å². The average molecular weight is 438 g/mol. The second-order valence-corrected chi connectivity index (χ2v) is 8.02. The van der Waals surface area contributed by atoms with E-state index in [-0.39, 0.29) is 11.4 Å². The van der Waals surface area contributed by atoms with Gasteiger partial charge < -0.3 is 9.26 Å². The van der Waals surface area contributed by atoms with E-state index in [9.17, 15) is 8.42 Å². The van der Waals surface area contributed by atoms with Gasteiger partial charge in [-0.05, 0) is 48.5 Å². The number of methoxy groups -OCH3 is 1. The van der Waals surface area contributed by atoms with Gasteiger partial charge in [0.25, 0.3) is 0 Å². The van der Waals surface area contributed by atoms with Crippen LogP contribution >= 0.6 is 15.9 Å². The van der Waals surface area contributed by atoms with Gasteiger partial charge in [-0.1, -0.05) is 21.1 Å². The van der Waals surface area contributed by atoms with Crippen LogP contribution in [0.25, 0.3) is 11.4 Å². The number of ether oxygens (including phenoxy) is 1. The zero-order chi connectivity index (χ0) is 18.6. The molecule has 0 spiro atoms. The molecule has 0 fully saturated rings. The van der Waals surface area contributed by atoms with E-state index < -0.39 is 10.0 Å². The molecule has 0 bridgehead atoms. The van der Waals surface area contributed by atoms with Crippen LogP contribution in [-0.4, -0.2) is 32.2 Å². The average Bonchev–Trinajstić information content (AvgIpc) is 3.11. The third kappa shape index (κ3) is 4.48. The number of halogens is 1. The van der Waals surface area contributed by atoms with Crippen LogP contribution in [0.3, 0.4) is 0 Å². The predicted molar refractivity (Wildman–Crippen MR) is 99.3 cm³/mol. The molecule has 0 radical (unpaired) electrons. The lowest BCUT2D eigenvalue weighted by Gasteiger charge is -2.05. The standard InChI is InChI=1S/C17H16BrN3O4S/c1-24-14-6-2-12(3-7-14)17-20-16(25-21-17)10-11-19-26(22,23)15-8-4-13(18)5-9-15/h2-9,19H,10-11H2,1H3. The van der Waals surface area contributed by atoms with Crippen molar-refractivity contribution in [3.63, 3.8) is 0 Å². The highest BCUT2D eigenvalue weighted by Gasteiger charge is 2.14. The molecule has 9 heteroatoms. The summed E-state index contributed by atoms with van der Waals surface area (Å²) in [6, 6.07) is 13.7. The molecule has 0 saturated carbocycles. The lowest BCUT2D eigenvalue weighted by atomic mass is 10.2. The lowest BCUT2D eigenvalue weighted by Crippen LogP contribution is -2.26. The Bertz CT molecular complexity index is 970. The normalized spacial score (nSPS) is 11.5. The molecule has 1 heterocycles. The molecule has 0 saturated heterocycles. The largest absolute Gasteiger partial charge is 0.497 e. The number of sulfonamides is 1. The number of hydrogen-bond donors (Lipinski definition) is 1. The number of hydrogen-bond acceptors (Lipinski definition) is 6. The number of nitrogens with one attached hydrogen (secondary N) is 1. The fourth-order valence-corrected chi connectivity index (χ4v) is 3.50. The quantitative estimate of drug-likeness (QED) is 0.610. The van der Waals surface area contributed by atoms with E-state index in [4.69, 9.17) is 9.26 Å². The van der Waals surface area contributed by atoms with Crippen LogP contribution in [0.1, 0.15) is 5.89 Å². The Morgan fingerprint density at radius 1 is 1.12 bits per heavy atom. The summed E-state index contributed by atoms with van der Waals surface area (Å²) in [5.41, 5.74) is 0.788. The molecule has 3 rings (SSSR count). The van der Waals surface area contributed by atoms with E-state index in [1.54, 1.807) is 31.4 Å². The molecule has 0 unspecified atom stereocenters. The number of benzene rings is 2. The number of aromatic nitrogens is 2. The molecule has 2 aromatic carbocycles. The first-order valence-corrected chi connectivity index (χ1v) is 9.98. The Balaban J connectivity index is 1.60. The highest BCUT2D eigenvalue weighted by Crippen LogP contribution is 2.20. The van der Waals surface area contributed by atoms with Gasteiger partial charge in [0.05, 0.1) is 12.0 Å². The summed E-state index contributed by atoms with van der Waals surface area (Å²) in [7, 11) is -1.98. The van der Waals surface area contributed by atoms with Gasteiger partial charge >= 0.3 is 0 Å². The Kier molecular flexibility index (Phi) is 5.70. The van der Waals surface area contributed by atoms with Crippen molar-refractivity contribution < 1.29 is 17.7 Å². The molecule has 136 valence electrons. The van der Waals surface area contributed by atoms with Crippen molar-refractivity contribution in [2.45, 2.75) is 11.3 Å². The maximum Gasteiger partial charge on any atom is 0.240 e. The van der Waals surface area contributed by atoms with Gasteiger partial charge in [0, 0.05) is 23.0 Å². The molecule has 0 aliphatic carbocycles. The first-order chi connectivity index (χ1) is 12.5. The lowest BCUT2D eigenvalue weighted by molar-refractivity contribution is 0.379. The van der Waals surface area contributed by atoms with Gasteiger partial charge in [-0.2, -0.15) is 4.98 Å². The Morgan fingerprint density at radius 3 is 2.46 bits per heavy atom. The maximum atomic E-state index is 12.2. The van der Waals surface area contributed by atoms with E-state index in [0.29, 0.717) is 18.1 Å². The molecule has 1 N–H and O–H groups in total. The smallest absolute Gasteiger partial charge is 0.240 e. The summed E-state index contributed by atoms with van der Waals surface area (Å²) in [4.78, 5) is 4.48. The van der Waals surface area contributed by atoms with Crippen LogP contribution in [0.4, 0.5) is 0 Å². The summed E-state index contributed by atoms with van der Waals surface area (Å²) in [5, 5.41) is 3.92. The van der Waals surface area contributed by atoms with E-state index in [0.717, 1.165) is 15.8 Å². The summed E-state index contributed by atoms with van der Waals surface area (Å²) < 4.78 is 38.0. The molecule has 26 heavy (non-hydrogen) atoms. The van der Waals surface area contributed by atoms with Gasteiger partial charge in [-0.25, -0.2) is 13.1 Å². The third-order valence-electron chi connectivity index (χ3n) is 3.57. The monoisotopic (exact) mass is 437 g/mol. The molecule has 0 aliphatic heterocycles. The van der Waals surface area contributed by atoms with Crippen LogP contribution in [0.15, 0.2) is 62.4 Å². The minimum absolute atomic E-state index is 0.155. The van der Waals surface area contributed by atoms with Crippen LogP contribution in [0.2, 0.25) is 0 Å². The van der Waals surface area contributed by atoms with E-state index in [1.807, 2.05) is 12.1 Å². The Labute approximate surface area is 159 Å². The number of nitrogens with zero attached hydrogens (tertiary/aromatic N) is 2. The van der Waals surface area contributed by atoms with Crippen molar-refractivity contribution in [3.8, 4) is 17.1 Å². The van der Waals surface area contributed by atoms with Crippen LogP contribution in [0.5, 0.6) is 5.75 Å². The topological polar surface area (TPSA) is 94.3 Å². The fourth-order valence-electron chi connectivity index (χ4n) is 2.20. The fraction of sp³-hybridized carbons (Fsp3) is 0.176. The van der Waals surface area contributed by atoms with E-state index in [2.05, 4.69) is 30.8 Å². The molecular formula is C17H16BrN3O4S. The molecule has 7 nitrogen and oxygen atoms in total. The minimum Gasteiger partial charge on any atom is -0.497 e. The van der Waals surface area contributed by atoms with Gasteiger partial charge in [-0.3, -0.25) is 0 Å². The van der Waals surface area contributed by atoms with Crippen molar-refractivity contribution >= 4 is 26.0 Å². The molecule has 3 aromatic rings. The molecule has 1 aromatic heterocycles. The van der Waals surface area contributed by atoms with Crippen molar-refractivity contribution in [2.24, 2.45) is 0 Å². The highest BCUT2D eigenvalue weighted by atomic mass is 79.9. The summed E-state index contributed by atoms with van der Waals surface area (Å²) >= 11 is 3.28. The first kappa shape index (κ1) is 18.6. The zero-order valence-electron chi connectivity index (χ0n) is 13.8. The first-order valence-electron chi connectivity index (χ1n) is 7.70. The van der Waals surface area contributed by atoms with Crippen LogP contribution in [-0.2, 0) is 16.4 Å². The maximum absolute atomic E-state index is 12.2. The highest BCUT2D eigenvalue weighted by molar-refractivity contribution is 9.10. The van der Waals surface area contributed by atoms with E-state index >= 15 is 0 Å². The predicted octanol–water partition coefficient (Wildman–Crippen LogP) is 3.03.